The Morgan fingerprint density at radius 1 is 1.33 bits per heavy atom. The van der Waals surface area contributed by atoms with Gasteiger partial charge in [0.15, 0.2) is 0 Å². The zero-order valence-electron chi connectivity index (χ0n) is 11.7. The maximum absolute atomic E-state index is 11.2. The van der Waals surface area contributed by atoms with Gasteiger partial charge in [-0.3, -0.25) is 10.1 Å². The molecular weight excluding hydrogens is 268 g/mol. The van der Waals surface area contributed by atoms with Gasteiger partial charge in [-0.2, -0.15) is 0 Å². The van der Waals surface area contributed by atoms with Gasteiger partial charge in [-0.1, -0.05) is 17.7 Å². The first-order valence-corrected chi connectivity index (χ1v) is 6.84. The van der Waals surface area contributed by atoms with Gasteiger partial charge in [-0.25, -0.2) is 4.98 Å². The second kappa shape index (κ2) is 5.05. The summed E-state index contributed by atoms with van der Waals surface area (Å²) in [4.78, 5) is 16.9. The SMILES string of the molecule is Cc1ccc2c(c1)CCCN2c1nc(N)ccc1[N+](=O)[O-]. The number of anilines is 3. The van der Waals surface area contributed by atoms with Crippen molar-refractivity contribution in [2.75, 3.05) is 17.2 Å². The Morgan fingerprint density at radius 2 is 2.14 bits per heavy atom. The monoisotopic (exact) mass is 284 g/mol. The van der Waals surface area contributed by atoms with Crippen LogP contribution in [0.4, 0.5) is 23.0 Å². The molecule has 2 aromatic rings. The van der Waals surface area contributed by atoms with E-state index in [1.807, 2.05) is 24.0 Å². The van der Waals surface area contributed by atoms with Gasteiger partial charge in [0.05, 0.1) is 4.92 Å². The molecule has 0 bridgehead atoms. The number of hydrogen-bond acceptors (Lipinski definition) is 5. The van der Waals surface area contributed by atoms with Crippen LogP contribution in [0, 0.1) is 17.0 Å². The topological polar surface area (TPSA) is 85.3 Å². The number of nitrogen functional groups attached to an aromatic ring is 1. The summed E-state index contributed by atoms with van der Waals surface area (Å²) >= 11 is 0. The number of nitro groups is 1. The van der Waals surface area contributed by atoms with Crippen molar-refractivity contribution in [1.29, 1.82) is 0 Å². The lowest BCUT2D eigenvalue weighted by molar-refractivity contribution is -0.384. The van der Waals surface area contributed by atoms with Gasteiger partial charge in [0, 0.05) is 18.3 Å². The molecule has 0 aliphatic carbocycles. The summed E-state index contributed by atoms with van der Waals surface area (Å²) in [7, 11) is 0. The third-order valence-electron chi connectivity index (χ3n) is 3.68. The summed E-state index contributed by atoms with van der Waals surface area (Å²) in [5.41, 5.74) is 9.06. The minimum Gasteiger partial charge on any atom is -0.384 e. The fraction of sp³-hybridized carbons (Fsp3) is 0.267. The second-order valence-electron chi connectivity index (χ2n) is 5.22. The standard InChI is InChI=1S/C15H16N4O2/c1-10-4-5-12-11(9-10)3-2-8-18(12)15-13(19(20)21)6-7-14(16)17-15/h4-7,9H,2-3,8H2,1H3,(H2,16,17). The van der Waals surface area contributed by atoms with Crippen LogP contribution < -0.4 is 10.6 Å². The van der Waals surface area contributed by atoms with Crippen molar-refractivity contribution in [3.05, 3.63) is 51.6 Å². The average Bonchev–Trinajstić information content (AvgIpc) is 2.45. The predicted molar refractivity (Wildman–Crippen MR) is 81.8 cm³/mol. The van der Waals surface area contributed by atoms with Crippen molar-refractivity contribution in [1.82, 2.24) is 4.98 Å². The number of aromatic nitrogens is 1. The molecule has 0 atom stereocenters. The third-order valence-corrected chi connectivity index (χ3v) is 3.68. The molecule has 0 unspecified atom stereocenters. The highest BCUT2D eigenvalue weighted by Gasteiger charge is 2.26. The van der Waals surface area contributed by atoms with Crippen LogP contribution in [0.2, 0.25) is 0 Å². The number of aryl methyl sites for hydroxylation is 2. The first kappa shape index (κ1) is 13.4. The molecule has 21 heavy (non-hydrogen) atoms. The Morgan fingerprint density at radius 3 is 2.90 bits per heavy atom. The van der Waals surface area contributed by atoms with E-state index in [1.54, 1.807) is 0 Å². The van der Waals surface area contributed by atoms with E-state index in [2.05, 4.69) is 11.1 Å². The van der Waals surface area contributed by atoms with E-state index in [0.717, 1.165) is 18.5 Å². The molecule has 3 rings (SSSR count). The molecular formula is C15H16N4O2. The fourth-order valence-electron chi connectivity index (χ4n) is 2.74. The smallest absolute Gasteiger partial charge is 0.312 e. The Balaban J connectivity index is 2.15. The van der Waals surface area contributed by atoms with E-state index in [0.29, 0.717) is 12.4 Å². The second-order valence-corrected chi connectivity index (χ2v) is 5.22. The van der Waals surface area contributed by atoms with Crippen LogP contribution >= 0.6 is 0 Å². The average molecular weight is 284 g/mol. The molecule has 1 aliphatic rings. The first-order chi connectivity index (χ1) is 10.1. The van der Waals surface area contributed by atoms with Gasteiger partial charge in [0.1, 0.15) is 5.82 Å². The molecule has 0 saturated carbocycles. The maximum Gasteiger partial charge on any atom is 0.312 e. The molecule has 108 valence electrons. The van der Waals surface area contributed by atoms with Crippen molar-refractivity contribution < 1.29 is 4.92 Å². The third kappa shape index (κ3) is 2.40. The predicted octanol–water partition coefficient (Wildman–Crippen LogP) is 2.96. The Bertz CT molecular complexity index is 715. The van der Waals surface area contributed by atoms with E-state index >= 15 is 0 Å². The lowest BCUT2D eigenvalue weighted by atomic mass is 9.99. The molecule has 6 nitrogen and oxygen atoms in total. The van der Waals surface area contributed by atoms with Crippen LogP contribution in [0.5, 0.6) is 0 Å². The zero-order chi connectivity index (χ0) is 15.0. The summed E-state index contributed by atoms with van der Waals surface area (Å²) in [6, 6.07) is 9.01. The number of fused-ring (bicyclic) bond motifs is 1. The van der Waals surface area contributed by atoms with E-state index < -0.39 is 4.92 Å². The molecule has 1 aromatic heterocycles. The van der Waals surface area contributed by atoms with E-state index in [-0.39, 0.29) is 11.5 Å². The number of pyridine rings is 1. The highest BCUT2D eigenvalue weighted by Crippen LogP contribution is 2.37. The van der Waals surface area contributed by atoms with E-state index in [1.165, 1.54) is 23.3 Å². The van der Waals surface area contributed by atoms with Crippen molar-refractivity contribution in [2.45, 2.75) is 19.8 Å². The molecule has 1 aliphatic heterocycles. The molecule has 0 spiro atoms. The summed E-state index contributed by atoms with van der Waals surface area (Å²) in [5, 5.41) is 11.2. The minimum atomic E-state index is -0.412. The molecule has 6 heteroatoms. The number of nitrogens with two attached hydrogens (primary N) is 1. The summed E-state index contributed by atoms with van der Waals surface area (Å²) < 4.78 is 0. The normalized spacial score (nSPS) is 13.9. The van der Waals surface area contributed by atoms with Crippen LogP contribution in [0.1, 0.15) is 17.5 Å². The lowest BCUT2D eigenvalue weighted by Crippen LogP contribution is -2.26. The van der Waals surface area contributed by atoms with Crippen LogP contribution in [0.25, 0.3) is 0 Å². The van der Waals surface area contributed by atoms with Crippen LogP contribution in [-0.2, 0) is 6.42 Å². The summed E-state index contributed by atoms with van der Waals surface area (Å²) in [6.07, 6.45) is 1.91. The highest BCUT2D eigenvalue weighted by molar-refractivity contribution is 5.73. The summed E-state index contributed by atoms with van der Waals surface area (Å²) in [6.45, 7) is 2.74. The Labute approximate surface area is 122 Å². The van der Waals surface area contributed by atoms with E-state index in [4.69, 9.17) is 5.73 Å². The quantitative estimate of drug-likeness (QED) is 0.677. The first-order valence-electron chi connectivity index (χ1n) is 6.84. The lowest BCUT2D eigenvalue weighted by Gasteiger charge is -2.30. The van der Waals surface area contributed by atoms with Gasteiger partial charge in [-0.15, -0.1) is 0 Å². The van der Waals surface area contributed by atoms with E-state index in [9.17, 15) is 10.1 Å². The van der Waals surface area contributed by atoms with Crippen LogP contribution in [-0.4, -0.2) is 16.5 Å². The van der Waals surface area contributed by atoms with Crippen molar-refractivity contribution in [3.8, 4) is 0 Å². The molecule has 0 saturated heterocycles. The summed E-state index contributed by atoms with van der Waals surface area (Å²) in [5.74, 6) is 0.611. The molecule has 2 N–H and O–H groups in total. The Kier molecular flexibility index (Phi) is 3.21. The Hall–Kier alpha value is -2.63. The fourth-order valence-corrected chi connectivity index (χ4v) is 2.74. The number of rotatable bonds is 2. The molecule has 0 fully saturated rings. The van der Waals surface area contributed by atoms with Gasteiger partial charge in [0.2, 0.25) is 5.82 Å². The van der Waals surface area contributed by atoms with Crippen molar-refractivity contribution in [3.63, 3.8) is 0 Å². The van der Waals surface area contributed by atoms with Gasteiger partial charge in [0.25, 0.3) is 0 Å². The molecule has 0 radical (unpaired) electrons. The van der Waals surface area contributed by atoms with Crippen LogP contribution in [0.3, 0.4) is 0 Å². The van der Waals surface area contributed by atoms with Gasteiger partial charge < -0.3 is 10.6 Å². The maximum atomic E-state index is 11.2. The largest absolute Gasteiger partial charge is 0.384 e. The number of benzene rings is 1. The minimum absolute atomic E-state index is 0.0161. The van der Waals surface area contributed by atoms with Crippen molar-refractivity contribution >= 4 is 23.0 Å². The number of nitrogens with zero attached hydrogens (tertiary/aromatic N) is 3. The van der Waals surface area contributed by atoms with Crippen molar-refractivity contribution in [2.24, 2.45) is 0 Å². The molecule has 2 heterocycles. The molecule has 0 amide bonds. The zero-order valence-corrected chi connectivity index (χ0v) is 11.7. The van der Waals surface area contributed by atoms with Gasteiger partial charge >= 0.3 is 5.69 Å². The number of hydrogen-bond donors (Lipinski definition) is 1. The van der Waals surface area contributed by atoms with Crippen LogP contribution in [0.15, 0.2) is 30.3 Å². The molecule has 1 aromatic carbocycles. The van der Waals surface area contributed by atoms with Gasteiger partial charge in [-0.05, 0) is 37.5 Å². The highest BCUT2D eigenvalue weighted by atomic mass is 16.6.